The lowest BCUT2D eigenvalue weighted by molar-refractivity contribution is 0.102. The van der Waals surface area contributed by atoms with Gasteiger partial charge in [0.05, 0.1) is 18.4 Å². The zero-order valence-electron chi connectivity index (χ0n) is 20.4. The number of carbonyl (C=O) groups excluding carboxylic acids is 1. The Bertz CT molecular complexity index is 1400. The molecule has 0 unspecified atom stereocenters. The Balaban J connectivity index is 1.47. The van der Waals surface area contributed by atoms with E-state index in [0.717, 1.165) is 43.5 Å². The lowest BCUT2D eigenvalue weighted by Gasteiger charge is -2.34. The number of aromatic nitrogens is 4. The Kier molecular flexibility index (Phi) is 6.06. The molecule has 1 saturated heterocycles. The number of aryl methyl sites for hydroxylation is 2. The van der Waals surface area contributed by atoms with Gasteiger partial charge in [-0.2, -0.15) is 9.49 Å². The van der Waals surface area contributed by atoms with Gasteiger partial charge in [-0.15, -0.1) is 0 Å². The van der Waals surface area contributed by atoms with Gasteiger partial charge in [0.15, 0.2) is 11.4 Å². The van der Waals surface area contributed by atoms with Crippen LogP contribution >= 0.6 is 0 Å². The predicted octanol–water partition coefficient (Wildman–Crippen LogP) is 3.51. The number of ether oxygens (including phenoxy) is 1. The van der Waals surface area contributed by atoms with Crippen molar-refractivity contribution in [3.8, 4) is 5.75 Å². The highest BCUT2D eigenvalue weighted by Crippen LogP contribution is 2.33. The number of benzene rings is 1. The van der Waals surface area contributed by atoms with Gasteiger partial charge in [-0.05, 0) is 38.4 Å². The quantitative estimate of drug-likeness (QED) is 0.440. The summed E-state index contributed by atoms with van der Waals surface area (Å²) in [6.45, 7) is 6.76. The number of rotatable bonds is 6. The molecule has 0 bridgehead atoms. The summed E-state index contributed by atoms with van der Waals surface area (Å²) < 4.78 is 23.5. The fourth-order valence-corrected chi connectivity index (χ4v) is 4.95. The average molecular weight is 480 g/mol. The zero-order valence-corrected chi connectivity index (χ0v) is 20.4. The molecule has 3 aromatic heterocycles. The van der Waals surface area contributed by atoms with Crippen LogP contribution in [0.25, 0.3) is 16.6 Å². The minimum absolute atomic E-state index is 0.0612. The van der Waals surface area contributed by atoms with E-state index in [0.29, 0.717) is 22.8 Å². The van der Waals surface area contributed by atoms with Crippen LogP contribution in [-0.4, -0.2) is 57.9 Å². The van der Waals surface area contributed by atoms with Gasteiger partial charge in [-0.1, -0.05) is 6.92 Å². The molecular formula is C25H30FN7O2. The normalized spacial score (nSPS) is 14.7. The topological polar surface area (TPSA) is 88.7 Å². The Morgan fingerprint density at radius 2 is 2.00 bits per heavy atom. The van der Waals surface area contributed by atoms with E-state index in [1.165, 1.54) is 7.11 Å². The van der Waals surface area contributed by atoms with Crippen molar-refractivity contribution in [3.63, 3.8) is 0 Å². The fourth-order valence-electron chi connectivity index (χ4n) is 4.95. The summed E-state index contributed by atoms with van der Waals surface area (Å²) in [4.78, 5) is 19.9. The standard InChI is InChI=1S/C25H30FN7O2/c1-5-27-16-8-10-32(11-9-16)20-7-6-17(22-18(20)13-31(3)30-22)25(34)29-19-14-33-12-15(2)28-24(33)21(26)23(19)35-4/h6-7,12-14,16,27H,5,8-11H2,1-4H3,(H,29,34). The van der Waals surface area contributed by atoms with Crippen LogP contribution in [0.3, 0.4) is 0 Å². The molecule has 0 aliphatic carbocycles. The van der Waals surface area contributed by atoms with Gasteiger partial charge in [0.1, 0.15) is 11.2 Å². The summed E-state index contributed by atoms with van der Waals surface area (Å²) in [5.41, 5.74) is 3.12. The summed E-state index contributed by atoms with van der Waals surface area (Å²) in [7, 11) is 3.21. The minimum atomic E-state index is -0.627. The van der Waals surface area contributed by atoms with Crippen molar-refractivity contribution in [2.24, 2.45) is 7.05 Å². The van der Waals surface area contributed by atoms with E-state index in [9.17, 15) is 4.79 Å². The van der Waals surface area contributed by atoms with Crippen LogP contribution in [0.4, 0.5) is 15.8 Å². The Morgan fingerprint density at radius 3 is 2.71 bits per heavy atom. The van der Waals surface area contributed by atoms with Crippen LogP contribution in [0.1, 0.15) is 35.8 Å². The molecule has 1 fully saturated rings. The molecule has 0 radical (unpaired) electrons. The van der Waals surface area contributed by atoms with Crippen molar-refractivity contribution in [2.75, 3.05) is 37.0 Å². The van der Waals surface area contributed by atoms with E-state index in [1.54, 1.807) is 34.5 Å². The Labute approximate surface area is 202 Å². The fraction of sp³-hybridized carbons (Fsp3) is 0.400. The van der Waals surface area contributed by atoms with Crippen molar-refractivity contribution in [3.05, 3.63) is 47.8 Å². The summed E-state index contributed by atoms with van der Waals surface area (Å²) >= 11 is 0. The molecule has 1 aromatic carbocycles. The molecule has 0 atom stereocenters. The van der Waals surface area contributed by atoms with E-state index in [-0.39, 0.29) is 23.0 Å². The van der Waals surface area contributed by atoms with E-state index in [2.05, 4.69) is 32.5 Å². The van der Waals surface area contributed by atoms with Crippen molar-refractivity contribution < 1.29 is 13.9 Å². The van der Waals surface area contributed by atoms with E-state index in [4.69, 9.17) is 4.74 Å². The van der Waals surface area contributed by atoms with Gasteiger partial charge >= 0.3 is 0 Å². The smallest absolute Gasteiger partial charge is 0.258 e. The molecule has 1 amide bonds. The first-order valence-corrected chi connectivity index (χ1v) is 11.9. The van der Waals surface area contributed by atoms with E-state index in [1.807, 2.05) is 19.3 Å². The molecule has 5 rings (SSSR count). The van der Waals surface area contributed by atoms with Crippen LogP contribution < -0.4 is 20.3 Å². The Hall–Kier alpha value is -3.66. The number of nitrogens with one attached hydrogen (secondary N) is 2. The molecule has 10 heteroatoms. The number of fused-ring (bicyclic) bond motifs is 2. The molecular weight excluding hydrogens is 449 g/mol. The molecule has 0 saturated carbocycles. The van der Waals surface area contributed by atoms with Gasteiger partial charge in [0, 0.05) is 55.8 Å². The molecule has 35 heavy (non-hydrogen) atoms. The number of halogens is 1. The first-order valence-electron chi connectivity index (χ1n) is 11.9. The number of carbonyl (C=O) groups is 1. The first-order chi connectivity index (χ1) is 16.9. The zero-order chi connectivity index (χ0) is 24.7. The second-order valence-corrected chi connectivity index (χ2v) is 8.97. The van der Waals surface area contributed by atoms with E-state index < -0.39 is 5.82 Å². The number of imidazole rings is 1. The highest BCUT2D eigenvalue weighted by molar-refractivity contribution is 6.14. The van der Waals surface area contributed by atoms with Gasteiger partial charge in [-0.25, -0.2) is 4.98 Å². The third kappa shape index (κ3) is 4.18. The maximum absolute atomic E-state index is 15.0. The van der Waals surface area contributed by atoms with Crippen LogP contribution in [0.5, 0.6) is 5.75 Å². The summed E-state index contributed by atoms with van der Waals surface area (Å²) in [5, 5.41) is 11.9. The van der Waals surface area contributed by atoms with Crippen LogP contribution in [0.15, 0.2) is 30.7 Å². The average Bonchev–Trinajstić information content (AvgIpc) is 3.41. The maximum Gasteiger partial charge on any atom is 0.258 e. The summed E-state index contributed by atoms with van der Waals surface area (Å²) in [6.07, 6.45) is 7.38. The van der Waals surface area contributed by atoms with Gasteiger partial charge in [0.2, 0.25) is 5.82 Å². The number of amides is 1. The van der Waals surface area contributed by atoms with Gasteiger partial charge in [-0.3, -0.25) is 9.48 Å². The predicted molar refractivity (Wildman–Crippen MR) is 134 cm³/mol. The van der Waals surface area contributed by atoms with E-state index >= 15 is 4.39 Å². The second-order valence-electron chi connectivity index (χ2n) is 8.97. The van der Waals surface area contributed by atoms with Gasteiger partial charge in [0.25, 0.3) is 5.91 Å². The largest absolute Gasteiger partial charge is 0.491 e. The molecule has 1 aliphatic heterocycles. The van der Waals surface area contributed by atoms with Crippen LogP contribution in [0.2, 0.25) is 0 Å². The minimum Gasteiger partial charge on any atom is -0.491 e. The van der Waals surface area contributed by atoms with Gasteiger partial charge < -0.3 is 24.7 Å². The Morgan fingerprint density at radius 1 is 1.23 bits per heavy atom. The highest BCUT2D eigenvalue weighted by atomic mass is 19.1. The lowest BCUT2D eigenvalue weighted by Crippen LogP contribution is -2.42. The summed E-state index contributed by atoms with van der Waals surface area (Å²) in [5.74, 6) is -1.08. The van der Waals surface area contributed by atoms with Crippen molar-refractivity contribution in [1.29, 1.82) is 0 Å². The molecule has 4 heterocycles. The number of hydrogen-bond acceptors (Lipinski definition) is 6. The maximum atomic E-state index is 15.0. The van der Waals surface area contributed by atoms with Crippen molar-refractivity contribution >= 4 is 33.8 Å². The molecule has 2 N–H and O–H groups in total. The number of nitrogens with zero attached hydrogens (tertiary/aromatic N) is 5. The van der Waals surface area contributed by atoms with Crippen LogP contribution in [0, 0.1) is 12.7 Å². The van der Waals surface area contributed by atoms with Crippen molar-refractivity contribution in [1.82, 2.24) is 24.5 Å². The number of methoxy groups -OCH3 is 1. The molecule has 184 valence electrons. The molecule has 1 aliphatic rings. The molecule has 0 spiro atoms. The first kappa shape index (κ1) is 23.1. The highest BCUT2D eigenvalue weighted by Gasteiger charge is 2.24. The summed E-state index contributed by atoms with van der Waals surface area (Å²) in [6, 6.07) is 4.31. The van der Waals surface area contributed by atoms with Crippen LogP contribution in [-0.2, 0) is 7.05 Å². The number of anilines is 2. The number of pyridine rings is 1. The third-order valence-corrected chi connectivity index (χ3v) is 6.55. The number of hydrogen-bond donors (Lipinski definition) is 2. The molecule has 9 nitrogen and oxygen atoms in total. The SMILES string of the molecule is CCNC1CCN(c2ccc(C(=O)Nc3cn4cc(C)nc4c(F)c3OC)c3nn(C)cc23)CC1. The second kappa shape index (κ2) is 9.18. The molecule has 4 aromatic rings. The lowest BCUT2D eigenvalue weighted by atomic mass is 10.0. The van der Waals surface area contributed by atoms with Crippen molar-refractivity contribution in [2.45, 2.75) is 32.7 Å². The third-order valence-electron chi connectivity index (χ3n) is 6.55. The monoisotopic (exact) mass is 479 g/mol. The number of piperidine rings is 1.